The summed E-state index contributed by atoms with van der Waals surface area (Å²) in [5.41, 5.74) is 0. The second-order valence-electron chi connectivity index (χ2n) is 8.09. The molecule has 0 unspecified atom stereocenters. The zero-order chi connectivity index (χ0) is 19.6. The van der Waals surface area contributed by atoms with E-state index in [0.717, 1.165) is 31.8 Å². The number of hydrogen-bond acceptors (Lipinski definition) is 3. The lowest BCUT2D eigenvalue weighted by atomic mass is 10.1. The Morgan fingerprint density at radius 3 is 2.14 bits per heavy atom. The average molecular weight is 507 g/mol. The molecule has 2 N–H and O–H groups in total. The van der Waals surface area contributed by atoms with Crippen molar-refractivity contribution in [3.05, 3.63) is 0 Å². The fourth-order valence-electron chi connectivity index (χ4n) is 3.24. The van der Waals surface area contributed by atoms with Gasteiger partial charge in [0.1, 0.15) is 0 Å². The molecule has 1 aliphatic carbocycles. The van der Waals surface area contributed by atoms with Gasteiger partial charge in [-0.15, -0.1) is 24.0 Å². The largest absolute Gasteiger partial charge is 0.356 e. The molecular weight excluding hydrogens is 469 g/mol. The predicted octanol–water partition coefficient (Wildman–Crippen LogP) is 2.21. The molecular formula is C20H38IN5O2. The number of unbranched alkanes of at least 4 members (excludes halogenated alkanes) is 2. The number of piperazine rings is 1. The molecule has 2 aliphatic rings. The first-order valence-electron chi connectivity index (χ1n) is 10.5. The number of nitrogens with one attached hydrogen (secondary N) is 2. The highest BCUT2D eigenvalue weighted by Crippen LogP contribution is 2.18. The minimum Gasteiger partial charge on any atom is -0.356 e. The number of nitrogens with zero attached hydrogens (tertiary/aromatic N) is 3. The van der Waals surface area contributed by atoms with E-state index in [0.29, 0.717) is 51.0 Å². The van der Waals surface area contributed by atoms with Crippen molar-refractivity contribution in [3.8, 4) is 0 Å². The molecule has 162 valence electrons. The van der Waals surface area contributed by atoms with Crippen LogP contribution in [0.3, 0.4) is 0 Å². The molecule has 1 saturated heterocycles. The van der Waals surface area contributed by atoms with E-state index >= 15 is 0 Å². The summed E-state index contributed by atoms with van der Waals surface area (Å²) in [5.74, 6) is 1.72. The number of halogens is 1. The highest BCUT2D eigenvalue weighted by atomic mass is 127. The van der Waals surface area contributed by atoms with Gasteiger partial charge in [-0.05, 0) is 31.6 Å². The van der Waals surface area contributed by atoms with Crippen molar-refractivity contribution in [2.75, 3.05) is 39.8 Å². The summed E-state index contributed by atoms with van der Waals surface area (Å²) in [5, 5.41) is 6.69. The minimum absolute atomic E-state index is 0. The lowest BCUT2D eigenvalue weighted by molar-refractivity contribution is -0.140. The Balaban J connectivity index is 0.00000392. The molecule has 2 fully saturated rings. The van der Waals surface area contributed by atoms with Gasteiger partial charge < -0.3 is 20.4 Å². The molecule has 28 heavy (non-hydrogen) atoms. The number of rotatable bonds is 9. The van der Waals surface area contributed by atoms with Gasteiger partial charge in [0.05, 0.1) is 0 Å². The van der Waals surface area contributed by atoms with Crippen molar-refractivity contribution in [2.45, 2.75) is 64.8 Å². The predicted molar refractivity (Wildman–Crippen MR) is 124 cm³/mol. The molecule has 0 aromatic carbocycles. The highest BCUT2D eigenvalue weighted by molar-refractivity contribution is 14.0. The molecule has 0 aromatic rings. The summed E-state index contributed by atoms with van der Waals surface area (Å²) in [6.07, 6.45) is 6.67. The van der Waals surface area contributed by atoms with E-state index in [1.807, 2.05) is 9.80 Å². The number of guanidine groups is 1. The van der Waals surface area contributed by atoms with Crippen LogP contribution in [-0.4, -0.2) is 73.4 Å². The van der Waals surface area contributed by atoms with Crippen LogP contribution in [0, 0.1) is 5.92 Å². The van der Waals surface area contributed by atoms with Gasteiger partial charge >= 0.3 is 0 Å². The topological polar surface area (TPSA) is 77.0 Å². The van der Waals surface area contributed by atoms with Gasteiger partial charge in [-0.1, -0.05) is 20.3 Å². The number of hydrogen-bond donors (Lipinski definition) is 2. The fourth-order valence-corrected chi connectivity index (χ4v) is 3.24. The lowest BCUT2D eigenvalue weighted by Gasteiger charge is -2.35. The lowest BCUT2D eigenvalue weighted by Crippen LogP contribution is -2.50. The molecule has 0 aromatic heterocycles. The van der Waals surface area contributed by atoms with Crippen LogP contribution >= 0.6 is 24.0 Å². The summed E-state index contributed by atoms with van der Waals surface area (Å²) in [6, 6.07) is 0.606. The molecule has 8 heteroatoms. The second-order valence-corrected chi connectivity index (χ2v) is 8.09. The zero-order valence-corrected chi connectivity index (χ0v) is 20.0. The van der Waals surface area contributed by atoms with Gasteiger partial charge in [0, 0.05) is 58.7 Å². The number of aliphatic imine (C=N–C) groups is 1. The Hall–Kier alpha value is -1.06. The Kier molecular flexibility index (Phi) is 11.8. The molecule has 0 radical (unpaired) electrons. The smallest absolute Gasteiger partial charge is 0.222 e. The maximum absolute atomic E-state index is 12.3. The summed E-state index contributed by atoms with van der Waals surface area (Å²) in [4.78, 5) is 32.5. The third-order valence-corrected chi connectivity index (χ3v) is 5.07. The van der Waals surface area contributed by atoms with Crippen molar-refractivity contribution in [1.82, 2.24) is 20.4 Å². The van der Waals surface area contributed by atoms with Gasteiger partial charge in [-0.25, -0.2) is 0 Å². The van der Waals surface area contributed by atoms with Crippen LogP contribution in [0.4, 0.5) is 0 Å². The Morgan fingerprint density at radius 2 is 1.61 bits per heavy atom. The van der Waals surface area contributed by atoms with Crippen LogP contribution in [0.15, 0.2) is 4.99 Å². The van der Waals surface area contributed by atoms with Gasteiger partial charge in [-0.3, -0.25) is 14.6 Å². The van der Waals surface area contributed by atoms with Crippen molar-refractivity contribution < 1.29 is 9.59 Å². The van der Waals surface area contributed by atoms with E-state index in [1.54, 1.807) is 7.05 Å². The summed E-state index contributed by atoms with van der Waals surface area (Å²) in [6.45, 7) is 7.71. The first kappa shape index (κ1) is 25.0. The van der Waals surface area contributed by atoms with Crippen molar-refractivity contribution in [1.29, 1.82) is 0 Å². The van der Waals surface area contributed by atoms with Crippen LogP contribution in [0.5, 0.6) is 0 Å². The monoisotopic (exact) mass is 507 g/mol. The Labute approximate surface area is 187 Å². The molecule has 1 saturated carbocycles. The van der Waals surface area contributed by atoms with Crippen LogP contribution in [-0.2, 0) is 9.59 Å². The summed E-state index contributed by atoms with van der Waals surface area (Å²) < 4.78 is 0. The number of carbonyl (C=O) groups excluding carboxylic acids is 2. The van der Waals surface area contributed by atoms with Crippen LogP contribution in [0.1, 0.15) is 58.8 Å². The molecule has 2 amide bonds. The van der Waals surface area contributed by atoms with E-state index in [2.05, 4.69) is 29.5 Å². The second kappa shape index (κ2) is 13.2. The number of amides is 2. The standard InChI is InChI=1S/C20H37N5O2.HI/c1-16(2)15-19(27)25-13-11-24(12-14-25)18(26)7-5-4-6-10-22-20(21-3)23-17-8-9-17;/h16-17H,4-15H2,1-3H3,(H2,21,22,23);1H. The first-order chi connectivity index (χ1) is 13.0. The van der Waals surface area contributed by atoms with Gasteiger partial charge in [0.25, 0.3) is 0 Å². The molecule has 0 bridgehead atoms. The summed E-state index contributed by atoms with van der Waals surface area (Å²) in [7, 11) is 1.80. The SMILES string of the molecule is CN=C(NCCCCCC(=O)N1CCN(C(=O)CC(C)C)CC1)NC1CC1.I. The number of carbonyl (C=O) groups is 2. The third-order valence-electron chi connectivity index (χ3n) is 5.07. The van der Waals surface area contributed by atoms with Crippen molar-refractivity contribution in [3.63, 3.8) is 0 Å². The van der Waals surface area contributed by atoms with Gasteiger partial charge in [-0.2, -0.15) is 0 Å². The molecule has 1 aliphatic heterocycles. The van der Waals surface area contributed by atoms with E-state index in [9.17, 15) is 9.59 Å². The molecule has 2 rings (SSSR count). The minimum atomic E-state index is 0. The van der Waals surface area contributed by atoms with E-state index in [1.165, 1.54) is 12.8 Å². The normalized spacial score (nSPS) is 17.4. The van der Waals surface area contributed by atoms with E-state index in [-0.39, 0.29) is 35.8 Å². The van der Waals surface area contributed by atoms with E-state index < -0.39 is 0 Å². The molecule has 0 spiro atoms. The maximum Gasteiger partial charge on any atom is 0.222 e. The van der Waals surface area contributed by atoms with Crippen molar-refractivity contribution in [2.24, 2.45) is 10.9 Å². The zero-order valence-electron chi connectivity index (χ0n) is 17.7. The summed E-state index contributed by atoms with van der Waals surface area (Å²) >= 11 is 0. The highest BCUT2D eigenvalue weighted by Gasteiger charge is 2.24. The van der Waals surface area contributed by atoms with Gasteiger partial charge in [0.15, 0.2) is 5.96 Å². The molecule has 0 atom stereocenters. The third kappa shape index (κ3) is 9.43. The quantitative estimate of drug-likeness (QED) is 0.217. The Morgan fingerprint density at radius 1 is 1.00 bits per heavy atom. The fraction of sp³-hybridized carbons (Fsp3) is 0.850. The first-order valence-corrected chi connectivity index (χ1v) is 10.5. The van der Waals surface area contributed by atoms with Gasteiger partial charge in [0.2, 0.25) is 11.8 Å². The van der Waals surface area contributed by atoms with Crippen LogP contribution in [0.2, 0.25) is 0 Å². The van der Waals surface area contributed by atoms with Crippen LogP contribution in [0.25, 0.3) is 0 Å². The van der Waals surface area contributed by atoms with Crippen LogP contribution < -0.4 is 10.6 Å². The van der Waals surface area contributed by atoms with Crippen molar-refractivity contribution >= 4 is 41.8 Å². The van der Waals surface area contributed by atoms with E-state index in [4.69, 9.17) is 0 Å². The maximum atomic E-state index is 12.3. The molecule has 1 heterocycles. The average Bonchev–Trinajstić information content (AvgIpc) is 3.47. The molecule has 7 nitrogen and oxygen atoms in total. The Bertz CT molecular complexity index is 515.